The van der Waals surface area contributed by atoms with Crippen molar-refractivity contribution in [1.82, 2.24) is 0 Å². The molecule has 0 aliphatic heterocycles. The van der Waals surface area contributed by atoms with Crippen molar-refractivity contribution < 1.29 is 9.18 Å². The Bertz CT molecular complexity index is 608. The van der Waals surface area contributed by atoms with E-state index in [4.69, 9.17) is 11.6 Å². The first-order chi connectivity index (χ1) is 8.49. The summed E-state index contributed by atoms with van der Waals surface area (Å²) in [5, 5.41) is 0.420. The summed E-state index contributed by atoms with van der Waals surface area (Å²) >= 11 is 12.2. The number of carbonyl (C=O) groups is 1. The highest BCUT2D eigenvalue weighted by molar-refractivity contribution is 9.10. The van der Waals surface area contributed by atoms with Crippen LogP contribution in [-0.4, -0.2) is 5.78 Å². The van der Waals surface area contributed by atoms with E-state index in [-0.39, 0.29) is 10.0 Å². The summed E-state index contributed by atoms with van der Waals surface area (Å²) in [5.74, 6) is -0.976. The zero-order valence-corrected chi connectivity index (χ0v) is 12.8. The van der Waals surface area contributed by atoms with E-state index in [9.17, 15) is 9.18 Å². The summed E-state index contributed by atoms with van der Waals surface area (Å²) in [4.78, 5) is 12.2. The van der Waals surface area contributed by atoms with Crippen LogP contribution in [0.4, 0.5) is 4.39 Å². The second kappa shape index (κ2) is 5.51. The number of hydrogen-bond donors (Lipinski definition) is 0. The van der Waals surface area contributed by atoms with Gasteiger partial charge in [0.05, 0.1) is 10.0 Å². The van der Waals surface area contributed by atoms with Crippen molar-refractivity contribution in [2.45, 2.75) is 0 Å². The Kier molecular flexibility index (Phi) is 4.20. The molecule has 0 heterocycles. The molecule has 0 spiro atoms. The number of rotatable bonds is 2. The predicted molar refractivity (Wildman–Crippen MR) is 76.7 cm³/mol. The lowest BCUT2D eigenvalue weighted by molar-refractivity contribution is 0.103. The third-order valence-corrected chi connectivity index (χ3v) is 3.61. The third kappa shape index (κ3) is 2.82. The molecule has 0 saturated heterocycles. The number of carbonyl (C=O) groups excluding carboxylic acids is 1. The van der Waals surface area contributed by atoms with E-state index in [1.165, 1.54) is 12.1 Å². The van der Waals surface area contributed by atoms with Gasteiger partial charge in [0.25, 0.3) is 0 Å². The van der Waals surface area contributed by atoms with Gasteiger partial charge in [0, 0.05) is 15.1 Å². The summed E-state index contributed by atoms with van der Waals surface area (Å²) in [7, 11) is 0. The van der Waals surface area contributed by atoms with Gasteiger partial charge >= 0.3 is 0 Å². The number of ketones is 1. The van der Waals surface area contributed by atoms with Gasteiger partial charge < -0.3 is 0 Å². The second-order valence-electron chi connectivity index (χ2n) is 3.59. The normalized spacial score (nSPS) is 10.4. The molecule has 0 radical (unpaired) electrons. The summed E-state index contributed by atoms with van der Waals surface area (Å²) in [6.07, 6.45) is 0. The molecule has 0 fully saturated rings. The van der Waals surface area contributed by atoms with Crippen LogP contribution in [0.25, 0.3) is 0 Å². The van der Waals surface area contributed by atoms with Crippen molar-refractivity contribution in [3.05, 3.63) is 67.3 Å². The number of hydrogen-bond acceptors (Lipinski definition) is 1. The van der Waals surface area contributed by atoms with Crippen molar-refractivity contribution in [3.8, 4) is 0 Å². The first-order valence-electron chi connectivity index (χ1n) is 4.94. The molecule has 0 aliphatic rings. The van der Waals surface area contributed by atoms with Gasteiger partial charge in [-0.25, -0.2) is 4.39 Å². The van der Waals surface area contributed by atoms with E-state index < -0.39 is 11.6 Å². The average Bonchev–Trinajstić information content (AvgIpc) is 2.30. The zero-order valence-electron chi connectivity index (χ0n) is 8.88. The van der Waals surface area contributed by atoms with Crippen LogP contribution in [0.5, 0.6) is 0 Å². The van der Waals surface area contributed by atoms with Gasteiger partial charge in [0.2, 0.25) is 0 Å². The van der Waals surface area contributed by atoms with Crippen molar-refractivity contribution in [2.24, 2.45) is 0 Å². The first-order valence-corrected chi connectivity index (χ1v) is 6.90. The molecule has 0 bridgehead atoms. The van der Waals surface area contributed by atoms with Gasteiger partial charge in [-0.2, -0.15) is 0 Å². The van der Waals surface area contributed by atoms with Crippen LogP contribution in [0.2, 0.25) is 5.02 Å². The van der Waals surface area contributed by atoms with Crippen LogP contribution in [-0.2, 0) is 0 Å². The van der Waals surface area contributed by atoms with Gasteiger partial charge in [-0.3, -0.25) is 4.79 Å². The highest BCUT2D eigenvalue weighted by Crippen LogP contribution is 2.24. The monoisotopic (exact) mass is 390 g/mol. The van der Waals surface area contributed by atoms with Crippen LogP contribution >= 0.6 is 43.5 Å². The van der Waals surface area contributed by atoms with Crippen LogP contribution in [0.15, 0.2) is 45.3 Å². The molecule has 2 aromatic rings. The average molecular weight is 392 g/mol. The number of halogens is 4. The van der Waals surface area contributed by atoms with E-state index in [0.717, 1.165) is 0 Å². The summed E-state index contributed by atoms with van der Waals surface area (Å²) < 4.78 is 14.8. The maximum Gasteiger partial charge on any atom is 0.196 e. The fraction of sp³-hybridized carbons (Fsp3) is 0. The van der Waals surface area contributed by atoms with Crippen molar-refractivity contribution >= 4 is 49.2 Å². The molecule has 2 aromatic carbocycles. The minimum absolute atomic E-state index is 0.0125. The Morgan fingerprint density at radius 3 is 2.56 bits per heavy atom. The van der Waals surface area contributed by atoms with Gasteiger partial charge in [-0.1, -0.05) is 33.6 Å². The molecular formula is C13H6Br2ClFO. The molecule has 92 valence electrons. The van der Waals surface area contributed by atoms with Crippen molar-refractivity contribution in [3.63, 3.8) is 0 Å². The van der Waals surface area contributed by atoms with Crippen LogP contribution in [0.1, 0.15) is 15.9 Å². The van der Waals surface area contributed by atoms with Crippen LogP contribution in [0.3, 0.4) is 0 Å². The second-order valence-corrected chi connectivity index (χ2v) is 5.80. The lowest BCUT2D eigenvalue weighted by Gasteiger charge is -2.05. The Labute approximate surface area is 125 Å². The molecule has 0 saturated carbocycles. The maximum atomic E-state index is 13.8. The highest BCUT2D eigenvalue weighted by atomic mass is 79.9. The molecule has 0 atom stereocenters. The summed E-state index contributed by atoms with van der Waals surface area (Å²) in [5.41, 5.74) is 0.352. The van der Waals surface area contributed by atoms with Gasteiger partial charge in [0.1, 0.15) is 5.82 Å². The molecule has 0 amide bonds. The van der Waals surface area contributed by atoms with Gasteiger partial charge in [0.15, 0.2) is 5.78 Å². The molecular weight excluding hydrogens is 386 g/mol. The molecule has 2 rings (SSSR count). The van der Waals surface area contributed by atoms with Crippen molar-refractivity contribution in [2.75, 3.05) is 0 Å². The topological polar surface area (TPSA) is 17.1 Å². The molecule has 18 heavy (non-hydrogen) atoms. The summed E-state index contributed by atoms with van der Waals surface area (Å²) in [6, 6.07) is 9.37. The zero-order chi connectivity index (χ0) is 13.3. The number of benzene rings is 2. The van der Waals surface area contributed by atoms with E-state index >= 15 is 0 Å². The first kappa shape index (κ1) is 13.7. The Balaban J connectivity index is 2.51. The van der Waals surface area contributed by atoms with Crippen LogP contribution < -0.4 is 0 Å². The Morgan fingerprint density at radius 2 is 1.89 bits per heavy atom. The standard InChI is InChI=1S/C13H6Br2ClFO/c14-8-4-7(5-9(16)6-8)13(18)10-2-1-3-11(15)12(10)17/h1-6H. The minimum Gasteiger partial charge on any atom is -0.288 e. The fourth-order valence-corrected chi connectivity index (χ4v) is 2.75. The molecule has 0 aromatic heterocycles. The smallest absolute Gasteiger partial charge is 0.196 e. The van der Waals surface area contributed by atoms with Gasteiger partial charge in [-0.15, -0.1) is 0 Å². The quantitative estimate of drug-likeness (QED) is 0.639. The Hall–Kier alpha value is -0.710. The molecule has 0 aliphatic carbocycles. The summed E-state index contributed by atoms with van der Waals surface area (Å²) in [6.45, 7) is 0. The van der Waals surface area contributed by atoms with E-state index in [2.05, 4.69) is 31.9 Å². The van der Waals surface area contributed by atoms with E-state index in [0.29, 0.717) is 15.1 Å². The molecule has 0 N–H and O–H groups in total. The minimum atomic E-state index is -0.571. The SMILES string of the molecule is O=C(c1cc(Cl)cc(Br)c1)c1cccc(Br)c1F. The highest BCUT2D eigenvalue weighted by Gasteiger charge is 2.16. The van der Waals surface area contributed by atoms with Crippen LogP contribution in [0, 0.1) is 5.82 Å². The maximum absolute atomic E-state index is 13.8. The van der Waals surface area contributed by atoms with E-state index in [1.54, 1.807) is 24.3 Å². The van der Waals surface area contributed by atoms with E-state index in [1.807, 2.05) is 0 Å². The third-order valence-electron chi connectivity index (χ3n) is 2.32. The van der Waals surface area contributed by atoms with Gasteiger partial charge in [-0.05, 0) is 46.3 Å². The lowest BCUT2D eigenvalue weighted by atomic mass is 10.0. The fourth-order valence-electron chi connectivity index (χ4n) is 1.52. The predicted octanol–water partition coefficient (Wildman–Crippen LogP) is 5.24. The van der Waals surface area contributed by atoms with Crippen molar-refractivity contribution in [1.29, 1.82) is 0 Å². The molecule has 0 unspecified atom stereocenters. The lowest BCUT2D eigenvalue weighted by Crippen LogP contribution is -2.04. The largest absolute Gasteiger partial charge is 0.288 e. The molecule has 1 nitrogen and oxygen atoms in total. The molecule has 5 heteroatoms. The Morgan fingerprint density at radius 1 is 1.17 bits per heavy atom.